The number of aromatic nitrogens is 1. The minimum Gasteiger partial charge on any atom is -0.309 e. The lowest BCUT2D eigenvalue weighted by Gasteiger charge is -2.44. The van der Waals surface area contributed by atoms with E-state index in [1.54, 1.807) is 0 Å². The molecule has 0 aliphatic heterocycles. The molecule has 1 nitrogen and oxygen atoms in total. The molecule has 8 rings (SSSR count). The van der Waals surface area contributed by atoms with Crippen molar-refractivity contribution >= 4 is 37.7 Å². The summed E-state index contributed by atoms with van der Waals surface area (Å²) in [4.78, 5) is 0. The molecule has 0 saturated heterocycles. The smallest absolute Gasteiger partial charge is 0.0544 e. The summed E-state index contributed by atoms with van der Waals surface area (Å²) >= 11 is 4.02. The Labute approximate surface area is 270 Å². The Morgan fingerprint density at radius 1 is 0.500 bits per heavy atom. The fourth-order valence-electron chi connectivity index (χ4n) is 8.54. The Bertz CT molecular complexity index is 2190. The zero-order chi connectivity index (χ0) is 31.0. The van der Waals surface area contributed by atoms with E-state index in [1.165, 1.54) is 72.0 Å². The third-order valence-electron chi connectivity index (χ3n) is 12.4. The van der Waals surface area contributed by atoms with Crippen LogP contribution in [0.5, 0.6) is 0 Å². The van der Waals surface area contributed by atoms with Gasteiger partial charge in [-0.1, -0.05) is 126 Å². The first-order chi connectivity index (χ1) is 20.8. The lowest BCUT2D eigenvalue weighted by Crippen LogP contribution is -2.42. The van der Waals surface area contributed by atoms with Crippen LogP contribution in [0.1, 0.15) is 77.6 Å². The molecule has 1 heterocycles. The summed E-state index contributed by atoms with van der Waals surface area (Å²) in [7, 11) is 0. The second kappa shape index (κ2) is 8.76. The molecule has 2 aliphatic rings. The molecule has 1 aromatic heterocycles. The van der Waals surface area contributed by atoms with Gasteiger partial charge < -0.3 is 4.57 Å². The summed E-state index contributed by atoms with van der Waals surface area (Å²) in [5.74, 6) is 0. The van der Waals surface area contributed by atoms with E-state index in [0.29, 0.717) is 0 Å². The van der Waals surface area contributed by atoms with Crippen molar-refractivity contribution in [2.75, 3.05) is 0 Å². The maximum Gasteiger partial charge on any atom is 0.0544 e. The second-order valence-electron chi connectivity index (χ2n) is 15.2. The van der Waals surface area contributed by atoms with Gasteiger partial charge in [-0.3, -0.25) is 0 Å². The summed E-state index contributed by atoms with van der Waals surface area (Å²) in [5, 5.41) is 2.60. The maximum atomic E-state index is 4.02. The highest BCUT2D eigenvalue weighted by molar-refractivity contribution is 9.10. The maximum absolute atomic E-state index is 4.02. The van der Waals surface area contributed by atoms with Crippen molar-refractivity contribution in [2.45, 2.75) is 71.6 Å². The molecular weight excluding hydrogens is 598 g/mol. The van der Waals surface area contributed by atoms with E-state index in [-0.39, 0.29) is 21.7 Å². The van der Waals surface area contributed by atoms with Gasteiger partial charge in [0.1, 0.15) is 0 Å². The zero-order valence-corrected chi connectivity index (χ0v) is 28.6. The number of fused-ring (bicyclic) bond motifs is 7. The summed E-state index contributed by atoms with van der Waals surface area (Å²) < 4.78 is 3.64. The monoisotopic (exact) mass is 637 g/mol. The van der Waals surface area contributed by atoms with E-state index in [2.05, 4.69) is 173 Å². The van der Waals surface area contributed by atoms with Crippen molar-refractivity contribution in [3.8, 4) is 27.9 Å². The van der Waals surface area contributed by atoms with E-state index in [4.69, 9.17) is 0 Å². The molecule has 0 radical (unpaired) electrons. The molecule has 0 amide bonds. The van der Waals surface area contributed by atoms with Crippen LogP contribution < -0.4 is 0 Å². The molecule has 0 N–H and O–H groups in total. The van der Waals surface area contributed by atoms with Crippen molar-refractivity contribution < 1.29 is 0 Å². The fourth-order valence-corrected chi connectivity index (χ4v) is 9.11. The van der Waals surface area contributed by atoms with Gasteiger partial charge in [0.25, 0.3) is 0 Å². The Balaban J connectivity index is 1.35. The molecule has 0 bridgehead atoms. The number of rotatable bonds is 2. The summed E-state index contributed by atoms with van der Waals surface area (Å²) in [6.45, 7) is 19.3. The minimum absolute atomic E-state index is 0.0487. The van der Waals surface area contributed by atoms with E-state index in [0.717, 1.165) is 4.47 Å². The highest BCUT2D eigenvalue weighted by Crippen LogP contribution is 2.62. The van der Waals surface area contributed by atoms with Gasteiger partial charge in [0.05, 0.1) is 11.0 Å². The molecule has 0 saturated carbocycles. The van der Waals surface area contributed by atoms with Crippen molar-refractivity contribution in [1.82, 2.24) is 4.57 Å². The lowest BCUT2D eigenvalue weighted by atomic mass is 9.59. The molecule has 0 unspecified atom stereocenters. The van der Waals surface area contributed by atoms with Crippen LogP contribution in [-0.2, 0) is 16.2 Å². The van der Waals surface area contributed by atoms with Crippen LogP contribution >= 0.6 is 15.9 Å². The standard InChI is InChI=1S/C42H40BrN/c1-39(2)32-18-11-9-16-27(32)30-21-31-28-17-10-12-19-37(28)44(38(31)24-33(30)39)26-15-13-14-25(20-26)29-22-34-35(23-36(29)43)41(5,6)42(7,8)40(34,3)4/h9-24H,1-8H3. The predicted octanol–water partition coefficient (Wildman–Crippen LogP) is 12.1. The molecule has 2 aliphatic carbocycles. The van der Waals surface area contributed by atoms with Gasteiger partial charge in [-0.15, -0.1) is 0 Å². The summed E-state index contributed by atoms with van der Waals surface area (Å²) in [6.07, 6.45) is 0. The number of hydrogen-bond acceptors (Lipinski definition) is 0. The largest absolute Gasteiger partial charge is 0.309 e. The number of para-hydroxylation sites is 1. The quantitative estimate of drug-likeness (QED) is 0.178. The van der Waals surface area contributed by atoms with E-state index >= 15 is 0 Å². The van der Waals surface area contributed by atoms with Gasteiger partial charge in [0.2, 0.25) is 0 Å². The highest BCUT2D eigenvalue weighted by Gasteiger charge is 2.57. The molecule has 0 fully saturated rings. The molecule has 220 valence electrons. The van der Waals surface area contributed by atoms with Gasteiger partial charge in [0.15, 0.2) is 0 Å². The third kappa shape index (κ3) is 3.36. The lowest BCUT2D eigenvalue weighted by molar-refractivity contribution is 0.125. The van der Waals surface area contributed by atoms with Crippen LogP contribution in [-0.4, -0.2) is 4.57 Å². The van der Waals surface area contributed by atoms with Crippen LogP contribution in [0.3, 0.4) is 0 Å². The van der Waals surface area contributed by atoms with Gasteiger partial charge in [-0.25, -0.2) is 0 Å². The van der Waals surface area contributed by atoms with Gasteiger partial charge in [-0.2, -0.15) is 0 Å². The van der Waals surface area contributed by atoms with Crippen LogP contribution in [0.25, 0.3) is 49.7 Å². The average Bonchev–Trinajstić information content (AvgIpc) is 3.47. The zero-order valence-electron chi connectivity index (χ0n) is 27.1. The third-order valence-corrected chi connectivity index (χ3v) is 13.0. The van der Waals surface area contributed by atoms with Crippen molar-refractivity contribution in [2.24, 2.45) is 5.41 Å². The Hall–Kier alpha value is -3.62. The molecule has 44 heavy (non-hydrogen) atoms. The molecule has 0 atom stereocenters. The molecule has 6 aromatic rings. The summed E-state index contributed by atoms with van der Waals surface area (Å²) in [5.41, 5.74) is 14.9. The Morgan fingerprint density at radius 3 is 1.95 bits per heavy atom. The van der Waals surface area contributed by atoms with Gasteiger partial charge in [-0.05, 0) is 103 Å². The number of nitrogens with zero attached hydrogens (tertiary/aromatic N) is 1. The van der Waals surface area contributed by atoms with E-state index in [1.807, 2.05) is 0 Å². The predicted molar refractivity (Wildman–Crippen MR) is 191 cm³/mol. The molecule has 5 aromatic carbocycles. The Kier molecular flexibility index (Phi) is 5.55. The topological polar surface area (TPSA) is 4.93 Å². The number of hydrogen-bond donors (Lipinski definition) is 0. The SMILES string of the molecule is CC1(C)c2ccccc2-c2cc3c4ccccc4n(-c4cccc(-c5cc6c(cc5Br)C(C)(C)C(C)(C)C6(C)C)c4)c3cc21. The fraction of sp³-hybridized carbons (Fsp3) is 0.286. The summed E-state index contributed by atoms with van der Waals surface area (Å²) in [6, 6.07) is 36.7. The van der Waals surface area contributed by atoms with Crippen LogP contribution in [0.4, 0.5) is 0 Å². The van der Waals surface area contributed by atoms with Crippen LogP contribution in [0.15, 0.2) is 102 Å². The van der Waals surface area contributed by atoms with Crippen LogP contribution in [0.2, 0.25) is 0 Å². The first kappa shape index (κ1) is 27.9. The first-order valence-electron chi connectivity index (χ1n) is 15.9. The average molecular weight is 639 g/mol. The van der Waals surface area contributed by atoms with Gasteiger partial charge in [0, 0.05) is 26.3 Å². The first-order valence-corrected chi connectivity index (χ1v) is 16.7. The number of halogens is 1. The van der Waals surface area contributed by atoms with Crippen molar-refractivity contribution in [1.29, 1.82) is 0 Å². The number of benzene rings is 5. The van der Waals surface area contributed by atoms with Gasteiger partial charge >= 0.3 is 0 Å². The van der Waals surface area contributed by atoms with Crippen LogP contribution in [0, 0.1) is 5.41 Å². The molecule has 0 spiro atoms. The highest BCUT2D eigenvalue weighted by atomic mass is 79.9. The van der Waals surface area contributed by atoms with Crippen molar-refractivity contribution in [3.05, 3.63) is 124 Å². The second-order valence-corrected chi connectivity index (χ2v) is 16.1. The molecular formula is C42H40BrN. The Morgan fingerprint density at radius 2 is 1.18 bits per heavy atom. The van der Waals surface area contributed by atoms with Crippen molar-refractivity contribution in [3.63, 3.8) is 0 Å². The molecule has 2 heteroatoms. The van der Waals surface area contributed by atoms with E-state index in [9.17, 15) is 0 Å². The van der Waals surface area contributed by atoms with E-state index < -0.39 is 0 Å². The normalized spacial score (nSPS) is 18.4. The minimum atomic E-state index is -0.0487.